The van der Waals surface area contributed by atoms with Gasteiger partial charge >= 0.3 is 0 Å². The van der Waals surface area contributed by atoms with Crippen LogP contribution in [-0.2, 0) is 10.1 Å². The lowest BCUT2D eigenvalue weighted by Gasteiger charge is -2.04. The van der Waals surface area contributed by atoms with E-state index in [1.807, 2.05) is 0 Å². The predicted octanol–water partition coefficient (Wildman–Crippen LogP) is 1.46. The van der Waals surface area contributed by atoms with E-state index in [-0.39, 0.29) is 21.7 Å². The zero-order valence-corrected chi connectivity index (χ0v) is 8.91. The molecular formula is C8H9NO5S. The van der Waals surface area contributed by atoms with Gasteiger partial charge in [0, 0.05) is 11.6 Å². The fourth-order valence-electron chi connectivity index (χ4n) is 1.25. The van der Waals surface area contributed by atoms with E-state index in [1.54, 1.807) is 0 Å². The fraction of sp³-hybridized carbons (Fsp3) is 0.250. The summed E-state index contributed by atoms with van der Waals surface area (Å²) in [7, 11) is -4.32. The first-order valence-corrected chi connectivity index (χ1v) is 5.40. The van der Waals surface area contributed by atoms with Gasteiger partial charge in [-0.3, -0.25) is 14.7 Å². The molecule has 0 amide bonds. The fourth-order valence-corrected chi connectivity index (χ4v) is 2.04. The van der Waals surface area contributed by atoms with Gasteiger partial charge in [-0.05, 0) is 25.5 Å². The molecule has 1 aromatic carbocycles. The number of nitro benzene ring substituents is 1. The maximum absolute atomic E-state index is 10.9. The van der Waals surface area contributed by atoms with Gasteiger partial charge in [-0.2, -0.15) is 8.42 Å². The molecule has 0 saturated heterocycles. The van der Waals surface area contributed by atoms with Crippen LogP contribution in [0.3, 0.4) is 0 Å². The van der Waals surface area contributed by atoms with Gasteiger partial charge in [-0.1, -0.05) is 0 Å². The van der Waals surface area contributed by atoms with Gasteiger partial charge in [0.15, 0.2) is 0 Å². The van der Waals surface area contributed by atoms with Gasteiger partial charge < -0.3 is 0 Å². The van der Waals surface area contributed by atoms with E-state index in [1.165, 1.54) is 13.8 Å². The van der Waals surface area contributed by atoms with Crippen molar-refractivity contribution in [3.8, 4) is 0 Å². The first-order valence-electron chi connectivity index (χ1n) is 3.96. The molecule has 0 aliphatic heterocycles. The van der Waals surface area contributed by atoms with Crippen molar-refractivity contribution in [1.29, 1.82) is 0 Å². The Kier molecular flexibility index (Phi) is 2.78. The van der Waals surface area contributed by atoms with Crippen molar-refractivity contribution in [1.82, 2.24) is 0 Å². The number of aryl methyl sites for hydroxylation is 2. The number of hydrogen-bond donors (Lipinski definition) is 1. The standard InChI is InChI=1S/C8H9NO5S/c1-5-4-8(15(12,13)14)6(2)3-7(5)9(10)11/h3-4H,1-2H3,(H,12,13,14). The second kappa shape index (κ2) is 3.59. The molecule has 0 unspecified atom stereocenters. The van der Waals surface area contributed by atoms with E-state index in [0.29, 0.717) is 0 Å². The van der Waals surface area contributed by atoms with Crippen LogP contribution in [0.4, 0.5) is 5.69 Å². The van der Waals surface area contributed by atoms with Gasteiger partial charge in [0.2, 0.25) is 0 Å². The first kappa shape index (κ1) is 11.6. The highest BCUT2D eigenvalue weighted by molar-refractivity contribution is 7.85. The predicted molar refractivity (Wildman–Crippen MR) is 52.4 cm³/mol. The molecule has 0 atom stereocenters. The minimum atomic E-state index is -4.32. The van der Waals surface area contributed by atoms with E-state index in [4.69, 9.17) is 4.55 Å². The number of hydrogen-bond acceptors (Lipinski definition) is 4. The lowest BCUT2D eigenvalue weighted by molar-refractivity contribution is -0.385. The Bertz CT molecular complexity index is 520. The molecule has 0 spiro atoms. The highest BCUT2D eigenvalue weighted by Gasteiger charge is 2.19. The average Bonchev–Trinajstić information content (AvgIpc) is 2.06. The van der Waals surface area contributed by atoms with E-state index in [0.717, 1.165) is 12.1 Å². The Morgan fingerprint density at radius 1 is 1.27 bits per heavy atom. The van der Waals surface area contributed by atoms with E-state index >= 15 is 0 Å². The summed E-state index contributed by atoms with van der Waals surface area (Å²) in [6.07, 6.45) is 0. The maximum atomic E-state index is 10.9. The third kappa shape index (κ3) is 2.31. The van der Waals surface area contributed by atoms with Crippen molar-refractivity contribution in [2.24, 2.45) is 0 Å². The second-order valence-electron chi connectivity index (χ2n) is 3.14. The Morgan fingerprint density at radius 3 is 2.20 bits per heavy atom. The van der Waals surface area contributed by atoms with Crippen molar-refractivity contribution in [3.63, 3.8) is 0 Å². The van der Waals surface area contributed by atoms with Crippen LogP contribution >= 0.6 is 0 Å². The van der Waals surface area contributed by atoms with Crippen LogP contribution in [0.15, 0.2) is 17.0 Å². The summed E-state index contributed by atoms with van der Waals surface area (Å²) >= 11 is 0. The molecule has 1 aromatic rings. The van der Waals surface area contributed by atoms with Gasteiger partial charge in [0.1, 0.15) is 0 Å². The van der Waals surface area contributed by atoms with Crippen LogP contribution in [0.5, 0.6) is 0 Å². The Hall–Kier alpha value is -1.47. The summed E-state index contributed by atoms with van der Waals surface area (Å²) in [5.74, 6) is 0. The smallest absolute Gasteiger partial charge is 0.282 e. The molecule has 82 valence electrons. The van der Waals surface area contributed by atoms with E-state index in [9.17, 15) is 18.5 Å². The van der Waals surface area contributed by atoms with Crippen LogP contribution < -0.4 is 0 Å². The third-order valence-electron chi connectivity index (χ3n) is 1.97. The molecule has 1 rings (SSSR count). The SMILES string of the molecule is Cc1cc(S(=O)(=O)O)c(C)cc1[N+](=O)[O-]. The van der Waals surface area contributed by atoms with Crippen molar-refractivity contribution in [2.45, 2.75) is 18.7 Å². The average molecular weight is 231 g/mol. The number of benzene rings is 1. The summed E-state index contributed by atoms with van der Waals surface area (Å²) < 4.78 is 30.6. The number of nitro groups is 1. The third-order valence-corrected chi connectivity index (χ3v) is 2.96. The van der Waals surface area contributed by atoms with E-state index in [2.05, 4.69) is 0 Å². The Balaban J connectivity index is 3.52. The van der Waals surface area contributed by atoms with Gasteiger partial charge in [0.25, 0.3) is 15.8 Å². The quantitative estimate of drug-likeness (QED) is 0.472. The highest BCUT2D eigenvalue weighted by atomic mass is 32.2. The molecule has 1 N–H and O–H groups in total. The van der Waals surface area contributed by atoms with Gasteiger partial charge in [-0.25, -0.2) is 0 Å². The summed E-state index contributed by atoms with van der Waals surface area (Å²) in [6, 6.07) is 2.21. The molecule has 15 heavy (non-hydrogen) atoms. The summed E-state index contributed by atoms with van der Waals surface area (Å²) in [6.45, 7) is 2.79. The Morgan fingerprint density at radius 2 is 1.80 bits per heavy atom. The lowest BCUT2D eigenvalue weighted by atomic mass is 10.1. The summed E-state index contributed by atoms with van der Waals surface area (Å²) in [5.41, 5.74) is 0.174. The normalized spacial score (nSPS) is 11.4. The highest BCUT2D eigenvalue weighted by Crippen LogP contribution is 2.25. The van der Waals surface area contributed by atoms with Crippen LogP contribution in [0, 0.1) is 24.0 Å². The largest absolute Gasteiger partial charge is 0.294 e. The van der Waals surface area contributed by atoms with Crippen molar-refractivity contribution in [2.75, 3.05) is 0 Å². The number of nitrogens with zero attached hydrogens (tertiary/aromatic N) is 1. The van der Waals surface area contributed by atoms with Crippen molar-refractivity contribution < 1.29 is 17.9 Å². The molecule has 7 heteroatoms. The number of rotatable bonds is 2. The zero-order valence-electron chi connectivity index (χ0n) is 8.09. The summed E-state index contributed by atoms with van der Waals surface area (Å²) in [5, 5.41) is 10.5. The molecule has 0 radical (unpaired) electrons. The monoisotopic (exact) mass is 231 g/mol. The molecule has 0 saturated carbocycles. The summed E-state index contributed by atoms with van der Waals surface area (Å²) in [4.78, 5) is 9.63. The molecular weight excluding hydrogens is 222 g/mol. The molecule has 0 aliphatic rings. The maximum Gasteiger partial charge on any atom is 0.294 e. The van der Waals surface area contributed by atoms with Crippen molar-refractivity contribution in [3.05, 3.63) is 33.4 Å². The van der Waals surface area contributed by atoms with Crippen LogP contribution in [0.2, 0.25) is 0 Å². The minimum absolute atomic E-state index is 0.148. The molecule has 0 aromatic heterocycles. The van der Waals surface area contributed by atoms with Crippen molar-refractivity contribution >= 4 is 15.8 Å². The second-order valence-corrected chi connectivity index (χ2v) is 4.53. The van der Waals surface area contributed by atoms with Crippen LogP contribution in [-0.4, -0.2) is 17.9 Å². The molecule has 6 nitrogen and oxygen atoms in total. The van der Waals surface area contributed by atoms with Crippen LogP contribution in [0.1, 0.15) is 11.1 Å². The van der Waals surface area contributed by atoms with Gasteiger partial charge in [-0.15, -0.1) is 0 Å². The zero-order chi connectivity index (χ0) is 11.8. The molecule has 0 bridgehead atoms. The first-order chi connectivity index (χ1) is 6.73. The molecule has 0 heterocycles. The molecule has 0 aliphatic carbocycles. The van der Waals surface area contributed by atoms with Crippen LogP contribution in [0.25, 0.3) is 0 Å². The minimum Gasteiger partial charge on any atom is -0.282 e. The molecule has 0 fully saturated rings. The Labute approximate surface area is 86.4 Å². The lowest BCUT2D eigenvalue weighted by Crippen LogP contribution is -2.03. The topological polar surface area (TPSA) is 97.5 Å². The van der Waals surface area contributed by atoms with Gasteiger partial charge in [0.05, 0.1) is 9.82 Å². The van der Waals surface area contributed by atoms with E-state index < -0.39 is 15.0 Å².